The lowest BCUT2D eigenvalue weighted by Crippen LogP contribution is -2.24. The van der Waals surface area contributed by atoms with Crippen LogP contribution in [0.5, 0.6) is 5.75 Å². The van der Waals surface area contributed by atoms with Crippen LogP contribution in [-0.4, -0.2) is 19.7 Å². The first-order valence-electron chi connectivity index (χ1n) is 6.76. The van der Waals surface area contributed by atoms with Crippen molar-refractivity contribution >= 4 is 0 Å². The number of ether oxygens (including phenoxy) is 1. The molecule has 0 saturated carbocycles. The fraction of sp³-hybridized carbons (Fsp3) is 0.600. The summed E-state index contributed by atoms with van der Waals surface area (Å²) in [5, 5.41) is 3.36. The summed E-state index contributed by atoms with van der Waals surface area (Å²) in [4.78, 5) is 0. The maximum absolute atomic E-state index is 5.83. The SMILES string of the molecule is CCC(CCc1cccc2c1OCCC2)NC. The summed E-state index contributed by atoms with van der Waals surface area (Å²) in [6.07, 6.45) is 5.82. The average Bonchev–Trinajstić information content (AvgIpc) is 2.40. The topological polar surface area (TPSA) is 21.3 Å². The molecule has 1 N–H and O–H groups in total. The number of nitrogens with one attached hydrogen (secondary N) is 1. The van der Waals surface area contributed by atoms with Gasteiger partial charge < -0.3 is 10.1 Å². The molecule has 2 rings (SSSR count). The van der Waals surface area contributed by atoms with Crippen molar-refractivity contribution in [2.45, 2.75) is 45.1 Å². The Balaban J connectivity index is 2.05. The zero-order valence-corrected chi connectivity index (χ0v) is 11.0. The molecule has 1 unspecified atom stereocenters. The molecule has 1 aliphatic heterocycles. The highest BCUT2D eigenvalue weighted by atomic mass is 16.5. The largest absolute Gasteiger partial charge is 0.493 e. The van der Waals surface area contributed by atoms with Crippen LogP contribution in [0.25, 0.3) is 0 Å². The molecule has 0 radical (unpaired) electrons. The van der Waals surface area contributed by atoms with Gasteiger partial charge in [-0.15, -0.1) is 0 Å². The van der Waals surface area contributed by atoms with Crippen LogP contribution >= 0.6 is 0 Å². The minimum absolute atomic E-state index is 0.620. The van der Waals surface area contributed by atoms with Gasteiger partial charge in [-0.2, -0.15) is 0 Å². The number of rotatable bonds is 5. The molecule has 1 atom stereocenters. The van der Waals surface area contributed by atoms with Gasteiger partial charge in [-0.05, 0) is 50.3 Å². The van der Waals surface area contributed by atoms with Crippen LogP contribution in [-0.2, 0) is 12.8 Å². The van der Waals surface area contributed by atoms with Gasteiger partial charge in [0.15, 0.2) is 0 Å². The molecule has 1 aromatic rings. The van der Waals surface area contributed by atoms with E-state index in [1.807, 2.05) is 7.05 Å². The molecule has 1 aromatic carbocycles. The van der Waals surface area contributed by atoms with E-state index in [9.17, 15) is 0 Å². The Labute approximate surface area is 104 Å². The summed E-state index contributed by atoms with van der Waals surface area (Å²) in [6.45, 7) is 3.12. The van der Waals surface area contributed by atoms with E-state index in [2.05, 4.69) is 30.4 Å². The van der Waals surface area contributed by atoms with Gasteiger partial charge >= 0.3 is 0 Å². The summed E-state index contributed by atoms with van der Waals surface area (Å²) in [5.41, 5.74) is 2.78. The van der Waals surface area contributed by atoms with Crippen LogP contribution in [0, 0.1) is 0 Å². The second kappa shape index (κ2) is 6.06. The lowest BCUT2D eigenvalue weighted by atomic mass is 9.97. The van der Waals surface area contributed by atoms with Crippen molar-refractivity contribution in [1.29, 1.82) is 0 Å². The van der Waals surface area contributed by atoms with Gasteiger partial charge in [0.2, 0.25) is 0 Å². The summed E-state index contributed by atoms with van der Waals surface area (Å²) >= 11 is 0. The van der Waals surface area contributed by atoms with Crippen LogP contribution < -0.4 is 10.1 Å². The van der Waals surface area contributed by atoms with Gasteiger partial charge in [0.1, 0.15) is 5.75 Å². The van der Waals surface area contributed by atoms with Crippen molar-refractivity contribution in [2.75, 3.05) is 13.7 Å². The zero-order valence-electron chi connectivity index (χ0n) is 11.0. The van der Waals surface area contributed by atoms with Crippen LogP contribution in [0.4, 0.5) is 0 Å². The molecule has 0 amide bonds. The Bertz CT molecular complexity index is 358. The first-order valence-corrected chi connectivity index (χ1v) is 6.76. The van der Waals surface area contributed by atoms with E-state index in [0.717, 1.165) is 19.4 Å². The van der Waals surface area contributed by atoms with Crippen LogP contribution in [0.1, 0.15) is 37.3 Å². The highest BCUT2D eigenvalue weighted by molar-refractivity contribution is 5.42. The number of para-hydroxylation sites is 1. The Hall–Kier alpha value is -1.02. The molecule has 1 aliphatic rings. The molecule has 0 saturated heterocycles. The maximum Gasteiger partial charge on any atom is 0.125 e. The van der Waals surface area contributed by atoms with Crippen molar-refractivity contribution in [3.05, 3.63) is 29.3 Å². The highest BCUT2D eigenvalue weighted by Gasteiger charge is 2.14. The smallest absolute Gasteiger partial charge is 0.125 e. The van der Waals surface area contributed by atoms with Crippen LogP contribution in [0.2, 0.25) is 0 Å². The van der Waals surface area contributed by atoms with E-state index in [0.29, 0.717) is 6.04 Å². The number of hydrogen-bond donors (Lipinski definition) is 1. The Kier molecular flexibility index (Phi) is 4.43. The van der Waals surface area contributed by atoms with E-state index in [1.165, 1.54) is 36.1 Å². The van der Waals surface area contributed by atoms with Crippen LogP contribution in [0.15, 0.2) is 18.2 Å². The molecule has 0 aromatic heterocycles. The number of aryl methyl sites for hydroxylation is 2. The fourth-order valence-corrected chi connectivity index (χ4v) is 2.54. The van der Waals surface area contributed by atoms with Gasteiger partial charge in [0.05, 0.1) is 6.61 Å². The number of hydrogen-bond acceptors (Lipinski definition) is 2. The van der Waals surface area contributed by atoms with E-state index in [-0.39, 0.29) is 0 Å². The van der Waals surface area contributed by atoms with Gasteiger partial charge in [0, 0.05) is 6.04 Å². The lowest BCUT2D eigenvalue weighted by molar-refractivity contribution is 0.284. The Morgan fingerprint density at radius 3 is 3.06 bits per heavy atom. The predicted octanol–water partition coefficient (Wildman–Crippen LogP) is 2.94. The van der Waals surface area contributed by atoms with Gasteiger partial charge in [-0.3, -0.25) is 0 Å². The fourth-order valence-electron chi connectivity index (χ4n) is 2.54. The van der Waals surface area contributed by atoms with E-state index in [4.69, 9.17) is 4.74 Å². The summed E-state index contributed by atoms with van der Waals surface area (Å²) in [7, 11) is 2.05. The molecular weight excluding hydrogens is 210 g/mol. The zero-order chi connectivity index (χ0) is 12.1. The number of fused-ring (bicyclic) bond motifs is 1. The monoisotopic (exact) mass is 233 g/mol. The van der Waals surface area contributed by atoms with Crippen molar-refractivity contribution in [3.63, 3.8) is 0 Å². The third-order valence-corrected chi connectivity index (χ3v) is 3.68. The highest BCUT2D eigenvalue weighted by Crippen LogP contribution is 2.29. The Morgan fingerprint density at radius 2 is 2.29 bits per heavy atom. The number of benzene rings is 1. The van der Waals surface area contributed by atoms with E-state index >= 15 is 0 Å². The van der Waals surface area contributed by atoms with E-state index in [1.54, 1.807) is 0 Å². The minimum atomic E-state index is 0.620. The second-order valence-electron chi connectivity index (χ2n) is 4.79. The molecule has 0 aliphatic carbocycles. The molecule has 0 spiro atoms. The molecule has 0 bridgehead atoms. The van der Waals surface area contributed by atoms with E-state index < -0.39 is 0 Å². The van der Waals surface area contributed by atoms with Gasteiger partial charge in [0.25, 0.3) is 0 Å². The molecule has 17 heavy (non-hydrogen) atoms. The standard InChI is InChI=1S/C15H23NO/c1-3-14(16-2)10-9-13-7-4-6-12-8-5-11-17-15(12)13/h4,6-7,14,16H,3,5,8-11H2,1-2H3. The van der Waals surface area contributed by atoms with Gasteiger partial charge in [-0.25, -0.2) is 0 Å². The minimum Gasteiger partial charge on any atom is -0.493 e. The Morgan fingerprint density at radius 1 is 1.41 bits per heavy atom. The molecule has 94 valence electrons. The van der Waals surface area contributed by atoms with Crippen molar-refractivity contribution < 1.29 is 4.74 Å². The van der Waals surface area contributed by atoms with Gasteiger partial charge in [-0.1, -0.05) is 25.1 Å². The molecule has 0 fully saturated rings. The summed E-state index contributed by atoms with van der Waals surface area (Å²) < 4.78 is 5.83. The average molecular weight is 233 g/mol. The molecular formula is C15H23NO. The van der Waals surface area contributed by atoms with Crippen molar-refractivity contribution in [2.24, 2.45) is 0 Å². The second-order valence-corrected chi connectivity index (χ2v) is 4.79. The predicted molar refractivity (Wildman–Crippen MR) is 71.7 cm³/mol. The summed E-state index contributed by atoms with van der Waals surface area (Å²) in [6, 6.07) is 7.21. The molecule has 2 heteroatoms. The third-order valence-electron chi connectivity index (χ3n) is 3.68. The molecule has 1 heterocycles. The molecule has 2 nitrogen and oxygen atoms in total. The first-order chi connectivity index (χ1) is 8.35. The van der Waals surface area contributed by atoms with Crippen molar-refractivity contribution in [1.82, 2.24) is 5.32 Å². The summed E-state index contributed by atoms with van der Waals surface area (Å²) in [5.74, 6) is 1.17. The quantitative estimate of drug-likeness (QED) is 0.844. The van der Waals surface area contributed by atoms with Crippen LogP contribution in [0.3, 0.4) is 0 Å². The van der Waals surface area contributed by atoms with Crippen molar-refractivity contribution in [3.8, 4) is 5.75 Å². The maximum atomic E-state index is 5.83. The normalized spacial score (nSPS) is 16.1. The lowest BCUT2D eigenvalue weighted by Gasteiger charge is -2.21. The third kappa shape index (κ3) is 3.01. The first kappa shape index (κ1) is 12.4.